The van der Waals surface area contributed by atoms with Crippen molar-refractivity contribution in [1.29, 1.82) is 0 Å². The normalized spacial score (nSPS) is 22.6. The SMILES string of the molecule is Cl.Nc1ncc(CN2CCCN(C3CCCC3)CC2)s1. The molecule has 0 unspecified atom stereocenters. The van der Waals surface area contributed by atoms with Gasteiger partial charge in [0, 0.05) is 36.8 Å². The summed E-state index contributed by atoms with van der Waals surface area (Å²) in [6, 6.07) is 0.874. The van der Waals surface area contributed by atoms with E-state index in [0.717, 1.165) is 12.6 Å². The van der Waals surface area contributed by atoms with Crippen molar-refractivity contribution in [2.45, 2.75) is 44.7 Å². The van der Waals surface area contributed by atoms with Gasteiger partial charge < -0.3 is 5.73 Å². The Labute approximate surface area is 131 Å². The number of thiazole rings is 1. The highest BCUT2D eigenvalue weighted by Gasteiger charge is 2.24. The van der Waals surface area contributed by atoms with Gasteiger partial charge in [0.2, 0.25) is 0 Å². The van der Waals surface area contributed by atoms with Gasteiger partial charge in [-0.15, -0.1) is 23.7 Å². The van der Waals surface area contributed by atoms with Gasteiger partial charge in [0.25, 0.3) is 0 Å². The summed E-state index contributed by atoms with van der Waals surface area (Å²) >= 11 is 1.63. The topological polar surface area (TPSA) is 45.4 Å². The van der Waals surface area contributed by atoms with Crippen molar-refractivity contribution in [2.24, 2.45) is 0 Å². The van der Waals surface area contributed by atoms with Crippen LogP contribution in [0.1, 0.15) is 37.0 Å². The molecule has 4 nitrogen and oxygen atoms in total. The van der Waals surface area contributed by atoms with Gasteiger partial charge in [-0.3, -0.25) is 9.80 Å². The quantitative estimate of drug-likeness (QED) is 0.931. The first-order valence-electron chi connectivity index (χ1n) is 7.48. The van der Waals surface area contributed by atoms with Crippen LogP contribution in [0.15, 0.2) is 6.20 Å². The van der Waals surface area contributed by atoms with E-state index in [0.29, 0.717) is 5.13 Å². The number of anilines is 1. The highest BCUT2D eigenvalue weighted by Crippen LogP contribution is 2.25. The molecule has 1 saturated heterocycles. The van der Waals surface area contributed by atoms with E-state index in [1.807, 2.05) is 6.20 Å². The Morgan fingerprint density at radius 3 is 2.65 bits per heavy atom. The second-order valence-corrected chi connectivity index (χ2v) is 6.92. The van der Waals surface area contributed by atoms with Crippen LogP contribution < -0.4 is 5.73 Å². The molecule has 1 aromatic heterocycles. The summed E-state index contributed by atoms with van der Waals surface area (Å²) in [5.74, 6) is 0. The summed E-state index contributed by atoms with van der Waals surface area (Å²) in [5.41, 5.74) is 5.70. The van der Waals surface area contributed by atoms with E-state index in [-0.39, 0.29) is 12.4 Å². The zero-order chi connectivity index (χ0) is 13.1. The van der Waals surface area contributed by atoms with E-state index in [2.05, 4.69) is 14.8 Å². The number of aromatic nitrogens is 1. The van der Waals surface area contributed by atoms with Gasteiger partial charge in [0.1, 0.15) is 0 Å². The van der Waals surface area contributed by atoms with Crippen LogP contribution in [0.3, 0.4) is 0 Å². The van der Waals surface area contributed by atoms with Gasteiger partial charge in [0.15, 0.2) is 5.13 Å². The van der Waals surface area contributed by atoms with Crippen LogP contribution in [0.2, 0.25) is 0 Å². The number of nitrogens with zero attached hydrogens (tertiary/aromatic N) is 3. The maximum absolute atomic E-state index is 5.70. The predicted molar refractivity (Wildman–Crippen MR) is 87.5 cm³/mol. The van der Waals surface area contributed by atoms with E-state index in [9.17, 15) is 0 Å². The molecule has 1 aliphatic carbocycles. The zero-order valence-corrected chi connectivity index (χ0v) is 13.6. The third-order valence-corrected chi connectivity index (χ3v) is 5.23. The van der Waals surface area contributed by atoms with Crippen LogP contribution in [0.25, 0.3) is 0 Å². The molecule has 0 bridgehead atoms. The van der Waals surface area contributed by atoms with Crippen LogP contribution in [0, 0.1) is 0 Å². The Kier molecular flexibility index (Phi) is 6.08. The molecule has 0 aromatic carbocycles. The smallest absolute Gasteiger partial charge is 0.180 e. The van der Waals surface area contributed by atoms with Gasteiger partial charge >= 0.3 is 0 Å². The van der Waals surface area contributed by atoms with Gasteiger partial charge in [-0.05, 0) is 32.4 Å². The highest BCUT2D eigenvalue weighted by atomic mass is 35.5. The van der Waals surface area contributed by atoms with Crippen molar-refractivity contribution in [1.82, 2.24) is 14.8 Å². The Bertz CT molecular complexity index is 406. The van der Waals surface area contributed by atoms with Gasteiger partial charge in [0.05, 0.1) is 0 Å². The van der Waals surface area contributed by atoms with Crippen LogP contribution in [0.5, 0.6) is 0 Å². The minimum absolute atomic E-state index is 0. The molecule has 0 amide bonds. The number of nitrogen functional groups attached to an aromatic ring is 1. The summed E-state index contributed by atoms with van der Waals surface area (Å²) in [6.45, 7) is 5.94. The van der Waals surface area contributed by atoms with Crippen molar-refractivity contribution >= 4 is 28.9 Å². The molecule has 2 heterocycles. The molecule has 1 aliphatic heterocycles. The standard InChI is InChI=1S/C14H24N4S.ClH/c15-14-16-10-13(19-14)11-17-6-3-7-18(9-8-17)12-4-1-2-5-12;/h10,12H,1-9,11H2,(H2,15,16);1H. The lowest BCUT2D eigenvalue weighted by Crippen LogP contribution is -2.36. The third-order valence-electron chi connectivity index (χ3n) is 4.42. The molecular formula is C14H25ClN4S. The predicted octanol–water partition coefficient (Wildman–Crippen LogP) is 2.60. The molecule has 0 radical (unpaired) electrons. The van der Waals surface area contributed by atoms with E-state index in [1.54, 1.807) is 11.3 Å². The van der Waals surface area contributed by atoms with Crippen LogP contribution in [-0.4, -0.2) is 47.0 Å². The van der Waals surface area contributed by atoms with Crippen molar-refractivity contribution in [3.63, 3.8) is 0 Å². The maximum atomic E-state index is 5.70. The molecule has 0 atom stereocenters. The molecule has 1 saturated carbocycles. The molecule has 1 aromatic rings. The Hall–Kier alpha value is -0.360. The fourth-order valence-electron chi connectivity index (χ4n) is 3.40. The minimum atomic E-state index is 0. The van der Waals surface area contributed by atoms with Crippen LogP contribution in [0.4, 0.5) is 5.13 Å². The third kappa shape index (κ3) is 4.07. The van der Waals surface area contributed by atoms with Crippen molar-refractivity contribution in [3.8, 4) is 0 Å². The summed E-state index contributed by atoms with van der Waals surface area (Å²) in [6.07, 6.45) is 8.94. The van der Waals surface area contributed by atoms with E-state index >= 15 is 0 Å². The van der Waals surface area contributed by atoms with E-state index < -0.39 is 0 Å². The lowest BCUT2D eigenvalue weighted by atomic mass is 10.2. The molecule has 114 valence electrons. The Morgan fingerprint density at radius 2 is 1.95 bits per heavy atom. The number of hydrogen-bond donors (Lipinski definition) is 1. The minimum Gasteiger partial charge on any atom is -0.375 e. The maximum Gasteiger partial charge on any atom is 0.180 e. The van der Waals surface area contributed by atoms with Crippen molar-refractivity contribution in [3.05, 3.63) is 11.1 Å². The average Bonchev–Trinajstić information content (AvgIpc) is 3.00. The molecule has 2 aliphatic rings. The second-order valence-electron chi connectivity index (χ2n) is 5.77. The summed E-state index contributed by atoms with van der Waals surface area (Å²) in [7, 11) is 0. The molecule has 0 spiro atoms. The molecule has 6 heteroatoms. The van der Waals surface area contributed by atoms with Gasteiger partial charge in [-0.2, -0.15) is 0 Å². The van der Waals surface area contributed by atoms with Crippen molar-refractivity contribution in [2.75, 3.05) is 31.9 Å². The van der Waals surface area contributed by atoms with E-state index in [1.165, 1.54) is 63.2 Å². The summed E-state index contributed by atoms with van der Waals surface area (Å²) in [5, 5.41) is 0.692. The van der Waals surface area contributed by atoms with Crippen molar-refractivity contribution < 1.29 is 0 Å². The van der Waals surface area contributed by atoms with Crippen LogP contribution >= 0.6 is 23.7 Å². The average molecular weight is 317 g/mol. The highest BCUT2D eigenvalue weighted by molar-refractivity contribution is 7.15. The molecule has 2 N–H and O–H groups in total. The summed E-state index contributed by atoms with van der Waals surface area (Å²) in [4.78, 5) is 10.7. The number of hydrogen-bond acceptors (Lipinski definition) is 5. The molecule has 3 rings (SSSR count). The fraction of sp³-hybridized carbons (Fsp3) is 0.786. The molecule has 2 fully saturated rings. The second kappa shape index (κ2) is 7.59. The van der Waals surface area contributed by atoms with Gasteiger partial charge in [-0.25, -0.2) is 4.98 Å². The first-order chi connectivity index (χ1) is 9.31. The summed E-state index contributed by atoms with van der Waals surface area (Å²) < 4.78 is 0. The van der Waals surface area contributed by atoms with Crippen LogP contribution in [-0.2, 0) is 6.54 Å². The monoisotopic (exact) mass is 316 g/mol. The van der Waals surface area contributed by atoms with E-state index in [4.69, 9.17) is 5.73 Å². The number of halogens is 1. The largest absolute Gasteiger partial charge is 0.375 e. The molecular weight excluding hydrogens is 292 g/mol. The Balaban J connectivity index is 0.00000147. The first-order valence-corrected chi connectivity index (χ1v) is 8.29. The molecule has 20 heavy (non-hydrogen) atoms. The Morgan fingerprint density at radius 1 is 1.15 bits per heavy atom. The lowest BCUT2D eigenvalue weighted by Gasteiger charge is -2.27. The number of nitrogens with two attached hydrogens (primary N) is 1. The number of rotatable bonds is 3. The first kappa shape index (κ1) is 16.0. The fourth-order valence-corrected chi connectivity index (χ4v) is 4.13. The lowest BCUT2D eigenvalue weighted by molar-refractivity contribution is 0.198. The van der Waals surface area contributed by atoms with Gasteiger partial charge in [-0.1, -0.05) is 12.8 Å². The zero-order valence-electron chi connectivity index (χ0n) is 12.0.